The van der Waals surface area contributed by atoms with Gasteiger partial charge in [-0.15, -0.1) is 11.3 Å². The highest BCUT2D eigenvalue weighted by atomic mass is 32.1. The number of thiophene rings is 1. The fraction of sp³-hybridized carbons (Fsp3) is 0.263. The Morgan fingerprint density at radius 2 is 1.93 bits per heavy atom. The van der Waals surface area contributed by atoms with E-state index in [1.165, 1.54) is 6.07 Å². The first-order valence-electron chi connectivity index (χ1n) is 8.76. The van der Waals surface area contributed by atoms with Crippen LogP contribution in [0.3, 0.4) is 0 Å². The molecule has 0 spiro atoms. The summed E-state index contributed by atoms with van der Waals surface area (Å²) in [7, 11) is 0. The number of primary amides is 1. The van der Waals surface area contributed by atoms with E-state index < -0.39 is 35.8 Å². The van der Waals surface area contributed by atoms with Gasteiger partial charge in [-0.1, -0.05) is 43.7 Å². The van der Waals surface area contributed by atoms with Gasteiger partial charge in [0.25, 0.3) is 11.8 Å². The first-order valence-corrected chi connectivity index (χ1v) is 9.63. The summed E-state index contributed by atoms with van der Waals surface area (Å²) in [4.78, 5) is 50.3. The summed E-state index contributed by atoms with van der Waals surface area (Å²) in [6, 6.07) is 9.85. The Balaban J connectivity index is 1.80. The van der Waals surface area contributed by atoms with E-state index in [0.717, 1.165) is 16.2 Å². The van der Waals surface area contributed by atoms with E-state index in [0.29, 0.717) is 18.4 Å². The number of carbonyl (C=O) groups is 4. The second kappa shape index (κ2) is 7.81. The molecule has 8 nitrogen and oxygen atoms in total. The average Bonchev–Trinajstić information content (AvgIpc) is 3.22. The minimum Gasteiger partial charge on any atom is -0.366 e. The van der Waals surface area contributed by atoms with Crippen molar-refractivity contribution in [2.24, 2.45) is 5.73 Å². The number of hydrogen-bond donors (Lipinski definition) is 3. The van der Waals surface area contributed by atoms with Crippen LogP contribution in [-0.4, -0.2) is 35.2 Å². The third kappa shape index (κ3) is 3.48. The van der Waals surface area contributed by atoms with Gasteiger partial charge in [0, 0.05) is 0 Å². The summed E-state index contributed by atoms with van der Waals surface area (Å²) in [5, 5.41) is 7.21. The zero-order valence-electron chi connectivity index (χ0n) is 15.2. The third-order valence-electron chi connectivity index (χ3n) is 4.55. The smallest absolute Gasteiger partial charge is 0.325 e. The van der Waals surface area contributed by atoms with Crippen molar-refractivity contribution in [1.82, 2.24) is 10.2 Å². The molecule has 0 saturated carbocycles. The summed E-state index contributed by atoms with van der Waals surface area (Å²) in [6.07, 6.45) is 1.08. The highest BCUT2D eigenvalue weighted by Crippen LogP contribution is 2.33. The van der Waals surface area contributed by atoms with E-state index in [9.17, 15) is 19.2 Å². The van der Waals surface area contributed by atoms with Gasteiger partial charge in [-0.25, -0.2) is 4.79 Å². The van der Waals surface area contributed by atoms with Gasteiger partial charge in [-0.3, -0.25) is 19.3 Å². The van der Waals surface area contributed by atoms with Crippen LogP contribution in [0.4, 0.5) is 9.80 Å². The fourth-order valence-electron chi connectivity index (χ4n) is 3.29. The normalized spacial score (nSPS) is 18.8. The van der Waals surface area contributed by atoms with Crippen LogP contribution in [0.15, 0.2) is 41.8 Å². The highest BCUT2D eigenvalue weighted by molar-refractivity contribution is 7.14. The highest BCUT2D eigenvalue weighted by Gasteiger charge is 2.52. The summed E-state index contributed by atoms with van der Waals surface area (Å²) in [5.74, 6) is -1.73. The van der Waals surface area contributed by atoms with Crippen LogP contribution in [0, 0.1) is 0 Å². The minimum atomic E-state index is -1.19. The maximum atomic E-state index is 13.1. The fourth-order valence-corrected chi connectivity index (χ4v) is 4.10. The zero-order chi connectivity index (χ0) is 20.3. The molecule has 2 heterocycles. The summed E-state index contributed by atoms with van der Waals surface area (Å²) >= 11 is 1.13. The number of carbonyl (C=O) groups excluding carboxylic acids is 4. The molecule has 2 aromatic rings. The molecule has 0 aliphatic carbocycles. The second-order valence-electron chi connectivity index (χ2n) is 6.42. The van der Waals surface area contributed by atoms with Crippen molar-refractivity contribution in [2.75, 3.05) is 11.9 Å². The van der Waals surface area contributed by atoms with Crippen molar-refractivity contribution in [2.45, 2.75) is 25.3 Å². The molecule has 1 aliphatic rings. The first kappa shape index (κ1) is 19.6. The van der Waals surface area contributed by atoms with Crippen molar-refractivity contribution in [1.29, 1.82) is 0 Å². The van der Waals surface area contributed by atoms with Gasteiger partial charge < -0.3 is 16.4 Å². The number of imide groups is 1. The Morgan fingerprint density at radius 3 is 2.57 bits per heavy atom. The Labute approximate surface area is 165 Å². The molecule has 0 bridgehead atoms. The molecule has 1 fully saturated rings. The summed E-state index contributed by atoms with van der Waals surface area (Å²) < 4.78 is 0. The molecule has 3 rings (SSSR count). The van der Waals surface area contributed by atoms with Crippen molar-refractivity contribution >= 4 is 40.1 Å². The molecule has 1 aliphatic heterocycles. The van der Waals surface area contributed by atoms with Crippen molar-refractivity contribution in [3.63, 3.8) is 0 Å². The van der Waals surface area contributed by atoms with E-state index in [1.807, 2.05) is 13.0 Å². The third-order valence-corrected chi connectivity index (χ3v) is 5.38. The maximum absolute atomic E-state index is 13.1. The lowest BCUT2D eigenvalue weighted by Crippen LogP contribution is -2.44. The molecule has 146 valence electrons. The molecule has 1 atom stereocenters. The van der Waals surface area contributed by atoms with Gasteiger partial charge in [0.1, 0.15) is 17.1 Å². The number of nitrogens with two attached hydrogens (primary N) is 1. The van der Waals surface area contributed by atoms with E-state index in [1.54, 1.807) is 29.6 Å². The lowest BCUT2D eigenvalue weighted by atomic mass is 9.85. The van der Waals surface area contributed by atoms with Crippen molar-refractivity contribution in [3.8, 4) is 0 Å². The van der Waals surface area contributed by atoms with Crippen LogP contribution in [-0.2, 0) is 15.1 Å². The predicted octanol–water partition coefficient (Wildman–Crippen LogP) is 2.03. The van der Waals surface area contributed by atoms with Gasteiger partial charge in [0.05, 0.1) is 5.56 Å². The molecule has 28 heavy (non-hydrogen) atoms. The van der Waals surface area contributed by atoms with Crippen molar-refractivity contribution in [3.05, 3.63) is 52.9 Å². The van der Waals surface area contributed by atoms with Gasteiger partial charge in [-0.05, 0) is 23.4 Å². The molecular formula is C19H20N4O4S. The molecule has 1 aromatic heterocycles. The van der Waals surface area contributed by atoms with Crippen LogP contribution in [0.5, 0.6) is 0 Å². The van der Waals surface area contributed by atoms with Gasteiger partial charge >= 0.3 is 6.03 Å². The molecule has 0 radical (unpaired) electrons. The minimum absolute atomic E-state index is 0.181. The topological polar surface area (TPSA) is 122 Å². The quantitative estimate of drug-likeness (QED) is 0.616. The Hall–Kier alpha value is -3.20. The van der Waals surface area contributed by atoms with Crippen LogP contribution >= 0.6 is 11.3 Å². The van der Waals surface area contributed by atoms with Crippen LogP contribution in [0.25, 0.3) is 0 Å². The molecule has 1 aromatic carbocycles. The molecule has 1 saturated heterocycles. The molecular weight excluding hydrogens is 380 g/mol. The van der Waals surface area contributed by atoms with Crippen LogP contribution in [0.1, 0.15) is 35.7 Å². The Morgan fingerprint density at radius 1 is 1.21 bits per heavy atom. The molecule has 9 heteroatoms. The van der Waals surface area contributed by atoms with E-state index >= 15 is 0 Å². The number of nitrogens with zero attached hydrogens (tertiary/aromatic N) is 1. The first-order chi connectivity index (χ1) is 13.4. The van der Waals surface area contributed by atoms with E-state index in [4.69, 9.17) is 5.73 Å². The average molecular weight is 400 g/mol. The predicted molar refractivity (Wildman–Crippen MR) is 105 cm³/mol. The lowest BCUT2D eigenvalue weighted by Gasteiger charge is -2.26. The molecule has 0 unspecified atom stereocenters. The van der Waals surface area contributed by atoms with Crippen LogP contribution in [0.2, 0.25) is 0 Å². The number of rotatable bonds is 7. The number of benzene rings is 1. The number of urea groups is 1. The maximum Gasteiger partial charge on any atom is 0.325 e. The largest absolute Gasteiger partial charge is 0.366 e. The van der Waals surface area contributed by atoms with Gasteiger partial charge in [-0.2, -0.15) is 0 Å². The van der Waals surface area contributed by atoms with E-state index in [-0.39, 0.29) is 10.6 Å². The second-order valence-corrected chi connectivity index (χ2v) is 7.33. The number of amides is 5. The van der Waals surface area contributed by atoms with Crippen molar-refractivity contribution < 1.29 is 19.2 Å². The molecule has 4 N–H and O–H groups in total. The van der Waals surface area contributed by atoms with Gasteiger partial charge in [0.15, 0.2) is 0 Å². The monoisotopic (exact) mass is 400 g/mol. The Kier molecular flexibility index (Phi) is 5.46. The number of hydrogen-bond acceptors (Lipinski definition) is 5. The lowest BCUT2D eigenvalue weighted by molar-refractivity contribution is -0.134. The van der Waals surface area contributed by atoms with Gasteiger partial charge in [0.2, 0.25) is 5.91 Å². The van der Waals surface area contributed by atoms with E-state index in [2.05, 4.69) is 10.6 Å². The Bertz CT molecular complexity index is 927. The van der Waals surface area contributed by atoms with Crippen LogP contribution < -0.4 is 16.4 Å². The summed E-state index contributed by atoms with van der Waals surface area (Å²) in [5.41, 5.74) is 4.93. The number of anilines is 1. The summed E-state index contributed by atoms with van der Waals surface area (Å²) in [6.45, 7) is 1.46. The number of nitrogens with one attached hydrogen (secondary N) is 2. The SMILES string of the molecule is CCC[C@]1(c2ccccc2)NC(=O)N(CC(=O)Nc2sccc2C(N)=O)C1=O. The standard InChI is InChI=1S/C19H20N4O4S/c1-2-9-19(12-6-4-3-5-7-12)17(26)23(18(27)22-19)11-14(24)21-16-13(15(20)25)8-10-28-16/h3-8,10H,2,9,11H2,1H3,(H2,20,25)(H,21,24)(H,22,27)/t19-/m1/s1. The zero-order valence-corrected chi connectivity index (χ0v) is 16.0. The molecule has 5 amide bonds.